The fourth-order valence-electron chi connectivity index (χ4n) is 4.29. The summed E-state index contributed by atoms with van der Waals surface area (Å²) in [5, 5.41) is 14.5. The molecule has 0 aliphatic carbocycles. The van der Waals surface area contributed by atoms with Gasteiger partial charge in [0.2, 0.25) is 5.91 Å². The first-order chi connectivity index (χ1) is 18.9. The first kappa shape index (κ1) is 27.8. The van der Waals surface area contributed by atoms with Crippen LogP contribution in [0.3, 0.4) is 0 Å². The van der Waals surface area contributed by atoms with E-state index in [-0.39, 0.29) is 18.3 Å². The van der Waals surface area contributed by atoms with Gasteiger partial charge in [-0.2, -0.15) is 5.26 Å². The van der Waals surface area contributed by atoms with Gasteiger partial charge in [0.25, 0.3) is 0 Å². The summed E-state index contributed by atoms with van der Waals surface area (Å²) < 4.78 is 5.35. The Balaban J connectivity index is 1.68. The average molecular weight is 556 g/mol. The predicted molar refractivity (Wildman–Crippen MR) is 156 cm³/mol. The summed E-state index contributed by atoms with van der Waals surface area (Å²) in [5.41, 5.74) is 3.37. The van der Waals surface area contributed by atoms with Crippen LogP contribution < -0.4 is 10.2 Å². The maximum atomic E-state index is 13.6. The molecular formula is C31H26ClN3O3S. The van der Waals surface area contributed by atoms with E-state index in [0.29, 0.717) is 32.5 Å². The Morgan fingerprint density at radius 1 is 1.05 bits per heavy atom. The van der Waals surface area contributed by atoms with E-state index < -0.39 is 11.9 Å². The highest BCUT2D eigenvalue weighted by atomic mass is 35.5. The minimum Gasteiger partial charge on any atom is -0.458 e. The van der Waals surface area contributed by atoms with Gasteiger partial charge >= 0.3 is 5.97 Å². The van der Waals surface area contributed by atoms with Crippen LogP contribution in [-0.2, 0) is 14.3 Å². The number of dihydropyridines is 1. The second-order valence-electron chi connectivity index (χ2n) is 8.58. The van der Waals surface area contributed by atoms with Crippen molar-refractivity contribution in [2.45, 2.75) is 12.8 Å². The molecular weight excluding hydrogens is 530 g/mol. The summed E-state index contributed by atoms with van der Waals surface area (Å²) in [4.78, 5) is 28.3. The number of nitriles is 1. The zero-order valence-corrected chi connectivity index (χ0v) is 22.8. The zero-order chi connectivity index (χ0) is 27.8. The number of esters is 1. The van der Waals surface area contributed by atoms with Gasteiger partial charge in [-0.05, 0) is 48.9 Å². The quantitative estimate of drug-likeness (QED) is 0.229. The Morgan fingerprint density at radius 3 is 2.18 bits per heavy atom. The number of carbonyl (C=O) groups is 2. The van der Waals surface area contributed by atoms with E-state index in [1.54, 1.807) is 36.1 Å². The molecule has 1 amide bonds. The van der Waals surface area contributed by atoms with Crippen LogP contribution in [0.1, 0.15) is 18.4 Å². The van der Waals surface area contributed by atoms with E-state index in [2.05, 4.69) is 18.0 Å². The van der Waals surface area contributed by atoms with Crippen molar-refractivity contribution in [1.29, 1.82) is 5.26 Å². The molecule has 0 saturated heterocycles. The number of ether oxygens (including phenoxy) is 1. The van der Waals surface area contributed by atoms with Gasteiger partial charge < -0.3 is 10.1 Å². The first-order valence-corrected chi connectivity index (χ1v) is 13.5. The molecule has 3 aromatic carbocycles. The summed E-state index contributed by atoms with van der Waals surface area (Å²) in [7, 11) is 0. The monoisotopic (exact) mass is 555 g/mol. The molecule has 1 aliphatic rings. The van der Waals surface area contributed by atoms with Gasteiger partial charge in [-0.15, -0.1) is 0 Å². The number of rotatable bonds is 9. The van der Waals surface area contributed by atoms with Crippen molar-refractivity contribution in [3.05, 3.63) is 130 Å². The fourth-order valence-corrected chi connectivity index (χ4v) is 5.35. The van der Waals surface area contributed by atoms with E-state index >= 15 is 0 Å². The SMILES string of the molecule is C=CCOC(=O)C1=C(C)NC(SCC(=O)N(c2ccccc2)c2ccccc2)=C(C#N)C1c1ccc(Cl)cc1. The van der Waals surface area contributed by atoms with Gasteiger partial charge in [-0.1, -0.05) is 84.5 Å². The second-order valence-corrected chi connectivity index (χ2v) is 10.0. The number of anilines is 2. The van der Waals surface area contributed by atoms with E-state index in [0.717, 1.165) is 11.4 Å². The maximum absolute atomic E-state index is 13.6. The molecule has 0 aromatic heterocycles. The molecule has 1 aliphatic heterocycles. The first-order valence-electron chi connectivity index (χ1n) is 12.2. The normalized spacial score (nSPS) is 14.7. The number of hydrogen-bond acceptors (Lipinski definition) is 6. The lowest BCUT2D eigenvalue weighted by Gasteiger charge is -2.30. The standard InChI is InChI=1S/C31H26ClN3O3S/c1-3-18-38-31(37)28-21(2)34-30(26(19-33)29(28)22-14-16-23(32)17-15-22)39-20-27(36)35(24-10-6-4-7-11-24)25-12-8-5-9-13-25/h3-17,29,34H,1,18,20H2,2H3. The lowest BCUT2D eigenvalue weighted by Crippen LogP contribution is -2.31. The molecule has 0 saturated carbocycles. The molecule has 0 fully saturated rings. The van der Waals surface area contributed by atoms with Gasteiger partial charge in [0.1, 0.15) is 6.61 Å². The lowest BCUT2D eigenvalue weighted by molar-refractivity contribution is -0.138. The molecule has 1 atom stereocenters. The second kappa shape index (κ2) is 13.0. The van der Waals surface area contributed by atoms with Gasteiger partial charge in [-0.25, -0.2) is 4.79 Å². The van der Waals surface area contributed by atoms with Crippen LogP contribution in [0, 0.1) is 11.3 Å². The summed E-state index contributed by atoms with van der Waals surface area (Å²) in [6.45, 7) is 5.40. The third-order valence-corrected chi connectivity index (χ3v) is 7.28. The number of allylic oxidation sites excluding steroid dienone is 2. The molecule has 39 heavy (non-hydrogen) atoms. The van der Waals surface area contributed by atoms with Crippen LogP contribution >= 0.6 is 23.4 Å². The van der Waals surface area contributed by atoms with Crippen molar-refractivity contribution in [3.8, 4) is 6.07 Å². The highest BCUT2D eigenvalue weighted by molar-refractivity contribution is 8.03. The maximum Gasteiger partial charge on any atom is 0.337 e. The van der Waals surface area contributed by atoms with Crippen LogP contribution in [0.15, 0.2) is 119 Å². The minimum atomic E-state index is -0.692. The number of para-hydroxylation sites is 2. The average Bonchev–Trinajstić information content (AvgIpc) is 2.96. The highest BCUT2D eigenvalue weighted by Crippen LogP contribution is 2.41. The van der Waals surface area contributed by atoms with Crippen molar-refractivity contribution >= 4 is 46.6 Å². The van der Waals surface area contributed by atoms with Crippen molar-refractivity contribution in [3.63, 3.8) is 0 Å². The molecule has 1 N–H and O–H groups in total. The number of nitrogens with one attached hydrogen (secondary N) is 1. The molecule has 3 aromatic rings. The number of benzene rings is 3. The van der Waals surface area contributed by atoms with Crippen LogP contribution in [0.5, 0.6) is 0 Å². The number of halogens is 1. The number of carbonyl (C=O) groups excluding carboxylic acids is 2. The van der Waals surface area contributed by atoms with Gasteiger partial charge in [0.05, 0.1) is 33.9 Å². The zero-order valence-electron chi connectivity index (χ0n) is 21.3. The molecule has 0 spiro atoms. The third kappa shape index (κ3) is 6.43. The van der Waals surface area contributed by atoms with E-state index in [1.165, 1.54) is 17.8 Å². The summed E-state index contributed by atoms with van der Waals surface area (Å²) in [6, 6.07) is 28.1. The molecule has 4 rings (SSSR count). The van der Waals surface area contributed by atoms with Crippen molar-refractivity contribution in [2.75, 3.05) is 17.3 Å². The van der Waals surface area contributed by atoms with E-state index in [1.807, 2.05) is 60.7 Å². The Kier molecular flexibility index (Phi) is 9.27. The van der Waals surface area contributed by atoms with Gasteiger partial charge in [0, 0.05) is 22.1 Å². The van der Waals surface area contributed by atoms with Crippen molar-refractivity contribution in [1.82, 2.24) is 5.32 Å². The third-order valence-electron chi connectivity index (χ3n) is 6.02. The summed E-state index contributed by atoms with van der Waals surface area (Å²) >= 11 is 7.33. The number of hydrogen-bond donors (Lipinski definition) is 1. The molecule has 0 bridgehead atoms. The number of thioether (sulfide) groups is 1. The number of nitrogens with zero attached hydrogens (tertiary/aromatic N) is 2. The van der Waals surface area contributed by atoms with E-state index in [9.17, 15) is 14.9 Å². The van der Waals surface area contributed by atoms with Crippen LogP contribution in [0.4, 0.5) is 11.4 Å². The van der Waals surface area contributed by atoms with Crippen LogP contribution in [0.2, 0.25) is 5.02 Å². The molecule has 6 nitrogen and oxygen atoms in total. The van der Waals surface area contributed by atoms with Gasteiger partial charge in [-0.3, -0.25) is 9.69 Å². The molecule has 8 heteroatoms. The van der Waals surface area contributed by atoms with Crippen molar-refractivity contribution < 1.29 is 14.3 Å². The highest BCUT2D eigenvalue weighted by Gasteiger charge is 2.36. The lowest BCUT2D eigenvalue weighted by atomic mass is 9.82. The summed E-state index contributed by atoms with van der Waals surface area (Å²) in [6.07, 6.45) is 1.49. The van der Waals surface area contributed by atoms with Crippen molar-refractivity contribution in [2.24, 2.45) is 0 Å². The Labute approximate surface area is 237 Å². The summed E-state index contributed by atoms with van der Waals surface area (Å²) in [5.74, 6) is -1.35. The Morgan fingerprint density at radius 2 is 1.64 bits per heavy atom. The largest absolute Gasteiger partial charge is 0.458 e. The molecule has 1 heterocycles. The fraction of sp³-hybridized carbons (Fsp3) is 0.129. The predicted octanol–water partition coefficient (Wildman–Crippen LogP) is 6.86. The van der Waals surface area contributed by atoms with Crippen LogP contribution in [0.25, 0.3) is 0 Å². The van der Waals surface area contributed by atoms with Gasteiger partial charge in [0.15, 0.2) is 0 Å². The molecule has 196 valence electrons. The smallest absolute Gasteiger partial charge is 0.337 e. The number of amides is 1. The Bertz CT molecular complexity index is 1420. The topological polar surface area (TPSA) is 82.4 Å². The van der Waals surface area contributed by atoms with Crippen LogP contribution in [-0.4, -0.2) is 24.2 Å². The Hall–Kier alpha value is -4.25. The molecule has 1 unspecified atom stereocenters. The minimum absolute atomic E-state index is 0.0411. The van der Waals surface area contributed by atoms with E-state index in [4.69, 9.17) is 16.3 Å². The molecule has 0 radical (unpaired) electrons.